The summed E-state index contributed by atoms with van der Waals surface area (Å²) in [5, 5.41) is 12.9. The SMILES string of the molecule is c1ccc(-n2c3ccc(-n4c5ccccc5c5ccccc54)cc3c3ccc(-n4c5ccccc5c5ccc([Si](c6ccccc6)(c6ccccc6)c6ccccc6)cc54)cc32)cc1. The fraction of sp³-hybridized carbons (Fsp3) is 0. The van der Waals surface area contributed by atoms with Crippen LogP contribution in [0.4, 0.5) is 0 Å². The van der Waals surface area contributed by atoms with Crippen molar-refractivity contribution in [3.05, 3.63) is 249 Å². The minimum Gasteiger partial charge on any atom is -0.309 e. The highest BCUT2D eigenvalue weighted by molar-refractivity contribution is 7.20. The van der Waals surface area contributed by atoms with Crippen LogP contribution in [0.5, 0.6) is 0 Å². The smallest absolute Gasteiger partial charge is 0.179 e. The Hall–Kier alpha value is -8.18. The zero-order valence-electron chi connectivity index (χ0n) is 35.0. The first kappa shape index (κ1) is 36.5. The molecule has 13 aromatic rings. The Balaban J connectivity index is 1.08. The van der Waals surface area contributed by atoms with E-state index in [0.29, 0.717) is 0 Å². The lowest BCUT2D eigenvalue weighted by Gasteiger charge is -2.34. The van der Waals surface area contributed by atoms with Crippen molar-refractivity contribution in [2.75, 3.05) is 0 Å². The molecule has 3 heterocycles. The highest BCUT2D eigenvalue weighted by atomic mass is 28.3. The standard InChI is InChI=1S/C60H41N3Si/c1-5-19-42(20-6-1)61-58-38-34-43(62-55-30-16-13-27-49(55)50-28-14-17-31-56(50)62)39-54(58)53-36-33-44(40-59(53)61)63-57-32-18-15-29-51(57)52-37-35-48(41-60(52)63)64(45-21-7-2-8-22-45,46-23-9-3-10-24-46)47-25-11-4-12-26-47/h1-41H. The molecule has 0 aliphatic heterocycles. The Morgan fingerprint density at radius 1 is 0.203 bits per heavy atom. The minimum absolute atomic E-state index is 1.13. The summed E-state index contributed by atoms with van der Waals surface area (Å²) < 4.78 is 7.37. The molecule has 0 amide bonds. The molecule has 64 heavy (non-hydrogen) atoms. The number of aromatic nitrogens is 3. The van der Waals surface area contributed by atoms with E-state index in [2.05, 4.69) is 262 Å². The molecule has 13 rings (SSSR count). The first-order chi connectivity index (χ1) is 31.8. The zero-order valence-corrected chi connectivity index (χ0v) is 36.0. The van der Waals surface area contributed by atoms with Crippen molar-refractivity contribution in [2.24, 2.45) is 0 Å². The number of hydrogen-bond donors (Lipinski definition) is 0. The lowest BCUT2D eigenvalue weighted by Crippen LogP contribution is -2.74. The third-order valence-electron chi connectivity index (χ3n) is 13.6. The van der Waals surface area contributed by atoms with Gasteiger partial charge in [0.25, 0.3) is 0 Å². The molecule has 4 heteroatoms. The third kappa shape index (κ3) is 5.33. The van der Waals surface area contributed by atoms with Crippen LogP contribution < -0.4 is 20.7 Å². The van der Waals surface area contributed by atoms with Crippen molar-refractivity contribution in [1.82, 2.24) is 13.7 Å². The van der Waals surface area contributed by atoms with Crippen molar-refractivity contribution in [3.8, 4) is 17.1 Å². The second kappa shape index (κ2) is 14.5. The molecule has 0 unspecified atom stereocenters. The number of para-hydroxylation sites is 4. The van der Waals surface area contributed by atoms with E-state index in [-0.39, 0.29) is 0 Å². The summed E-state index contributed by atoms with van der Waals surface area (Å²) in [6.07, 6.45) is 0. The largest absolute Gasteiger partial charge is 0.309 e. The van der Waals surface area contributed by atoms with E-state index in [1.807, 2.05) is 0 Å². The number of benzene rings is 10. The highest BCUT2D eigenvalue weighted by Crippen LogP contribution is 2.39. The van der Waals surface area contributed by atoms with Crippen LogP contribution in [0.25, 0.3) is 82.5 Å². The van der Waals surface area contributed by atoms with Crippen molar-refractivity contribution in [2.45, 2.75) is 0 Å². The van der Waals surface area contributed by atoms with Crippen molar-refractivity contribution >= 4 is 94.2 Å². The Kier molecular flexibility index (Phi) is 8.23. The van der Waals surface area contributed by atoms with Gasteiger partial charge in [-0.05, 0) is 87.5 Å². The van der Waals surface area contributed by atoms with Crippen molar-refractivity contribution < 1.29 is 0 Å². The van der Waals surface area contributed by atoms with Crippen LogP contribution in [0.15, 0.2) is 249 Å². The van der Waals surface area contributed by atoms with Crippen LogP contribution in [0.1, 0.15) is 0 Å². The van der Waals surface area contributed by atoms with Crippen molar-refractivity contribution in [3.63, 3.8) is 0 Å². The number of fused-ring (bicyclic) bond motifs is 9. The molecule has 0 saturated heterocycles. The van der Waals surface area contributed by atoms with Gasteiger partial charge in [-0.1, -0.05) is 182 Å². The predicted molar refractivity (Wildman–Crippen MR) is 273 cm³/mol. The van der Waals surface area contributed by atoms with Crippen LogP contribution in [0.2, 0.25) is 0 Å². The van der Waals surface area contributed by atoms with Gasteiger partial charge >= 0.3 is 0 Å². The van der Waals surface area contributed by atoms with E-state index >= 15 is 0 Å². The number of hydrogen-bond acceptors (Lipinski definition) is 0. The van der Waals surface area contributed by atoms with Gasteiger partial charge in [0.05, 0.1) is 33.1 Å². The molecular weight excluding hydrogens is 791 g/mol. The molecule has 0 saturated carbocycles. The second-order valence-corrected chi connectivity index (χ2v) is 20.7. The molecule has 0 aliphatic carbocycles. The fourth-order valence-corrected chi connectivity index (χ4v) is 15.6. The average molecular weight is 832 g/mol. The van der Waals surface area contributed by atoms with Gasteiger partial charge in [-0.25, -0.2) is 0 Å². The predicted octanol–water partition coefficient (Wildman–Crippen LogP) is 12.4. The van der Waals surface area contributed by atoms with Gasteiger partial charge in [0.1, 0.15) is 0 Å². The topological polar surface area (TPSA) is 14.8 Å². The van der Waals surface area contributed by atoms with Crippen LogP contribution in [0, 0.1) is 0 Å². The third-order valence-corrected chi connectivity index (χ3v) is 18.3. The second-order valence-electron chi connectivity index (χ2n) is 16.9. The van der Waals surface area contributed by atoms with Crippen molar-refractivity contribution in [1.29, 1.82) is 0 Å². The summed E-state index contributed by atoms with van der Waals surface area (Å²) in [6, 6.07) is 92.3. The normalized spacial score (nSPS) is 12.1. The fourth-order valence-electron chi connectivity index (χ4n) is 10.9. The Labute approximate surface area is 372 Å². The van der Waals surface area contributed by atoms with E-state index in [1.165, 1.54) is 86.2 Å². The number of rotatable bonds is 7. The molecule has 0 N–H and O–H groups in total. The van der Waals surface area contributed by atoms with Crippen LogP contribution in [0.3, 0.4) is 0 Å². The summed E-state index contributed by atoms with van der Waals surface area (Å²) in [4.78, 5) is 0. The van der Waals surface area contributed by atoms with E-state index in [9.17, 15) is 0 Å². The van der Waals surface area contributed by atoms with Gasteiger partial charge in [-0.3, -0.25) is 0 Å². The molecular formula is C60H41N3Si. The molecule has 0 spiro atoms. The van der Waals surface area contributed by atoms with Gasteiger partial charge in [0.2, 0.25) is 0 Å². The van der Waals surface area contributed by atoms with Gasteiger partial charge < -0.3 is 13.7 Å². The van der Waals surface area contributed by atoms with Crippen LogP contribution in [-0.2, 0) is 0 Å². The minimum atomic E-state index is -2.79. The van der Waals surface area contributed by atoms with Crippen LogP contribution in [-0.4, -0.2) is 21.8 Å². The summed E-state index contributed by atoms with van der Waals surface area (Å²) in [5.74, 6) is 0. The molecule has 3 aromatic heterocycles. The Bertz CT molecular complexity index is 3730. The molecule has 300 valence electrons. The first-order valence-electron chi connectivity index (χ1n) is 22.1. The van der Waals surface area contributed by atoms with E-state index in [0.717, 1.165) is 17.1 Å². The van der Waals surface area contributed by atoms with Gasteiger partial charge in [-0.2, -0.15) is 0 Å². The summed E-state index contributed by atoms with van der Waals surface area (Å²) in [7, 11) is -2.79. The maximum absolute atomic E-state index is 2.79. The van der Waals surface area contributed by atoms with Gasteiger partial charge in [0.15, 0.2) is 8.07 Å². The monoisotopic (exact) mass is 831 g/mol. The quantitative estimate of drug-likeness (QED) is 0.112. The summed E-state index contributed by atoms with van der Waals surface area (Å²) in [6.45, 7) is 0. The number of nitrogens with zero attached hydrogens (tertiary/aromatic N) is 3. The first-order valence-corrected chi connectivity index (χ1v) is 24.1. The zero-order chi connectivity index (χ0) is 42.2. The lowest BCUT2D eigenvalue weighted by atomic mass is 10.1. The molecule has 0 fully saturated rings. The average Bonchev–Trinajstić information content (AvgIpc) is 4.00. The molecule has 10 aromatic carbocycles. The van der Waals surface area contributed by atoms with E-state index in [1.54, 1.807) is 0 Å². The lowest BCUT2D eigenvalue weighted by molar-refractivity contribution is 1.15. The summed E-state index contributed by atoms with van der Waals surface area (Å²) >= 11 is 0. The van der Waals surface area contributed by atoms with E-state index < -0.39 is 8.07 Å². The Morgan fingerprint density at radius 3 is 1.11 bits per heavy atom. The Morgan fingerprint density at radius 2 is 0.562 bits per heavy atom. The van der Waals surface area contributed by atoms with E-state index in [4.69, 9.17) is 0 Å². The summed E-state index contributed by atoms with van der Waals surface area (Å²) in [5.41, 5.74) is 10.6. The molecule has 0 atom stereocenters. The maximum Gasteiger partial charge on any atom is 0.179 e. The van der Waals surface area contributed by atoms with Gasteiger partial charge in [-0.15, -0.1) is 0 Å². The molecule has 0 aliphatic rings. The van der Waals surface area contributed by atoms with Crippen LogP contribution >= 0.6 is 0 Å². The van der Waals surface area contributed by atoms with Gasteiger partial charge in [0, 0.05) is 49.4 Å². The molecule has 3 nitrogen and oxygen atoms in total. The molecule has 0 radical (unpaired) electrons. The highest BCUT2D eigenvalue weighted by Gasteiger charge is 2.41. The maximum atomic E-state index is 2.52. The molecule has 0 bridgehead atoms.